The number of amides is 2. The molecule has 2 aromatic carbocycles. The second-order valence-corrected chi connectivity index (χ2v) is 9.57. The van der Waals surface area contributed by atoms with E-state index in [9.17, 15) is 18.0 Å². The molecular formula is C23H29N3O6S. The molecule has 1 aliphatic rings. The molecule has 1 aliphatic heterocycles. The van der Waals surface area contributed by atoms with Crippen molar-refractivity contribution < 1.29 is 27.5 Å². The van der Waals surface area contributed by atoms with Crippen LogP contribution in [0.25, 0.3) is 0 Å². The second-order valence-electron chi connectivity index (χ2n) is 7.71. The van der Waals surface area contributed by atoms with Gasteiger partial charge in [0.2, 0.25) is 15.9 Å². The number of hydrogen-bond acceptors (Lipinski definition) is 6. The van der Waals surface area contributed by atoms with Gasteiger partial charge in [-0.2, -0.15) is 0 Å². The summed E-state index contributed by atoms with van der Waals surface area (Å²) >= 11 is 0. The van der Waals surface area contributed by atoms with E-state index in [2.05, 4.69) is 10.6 Å². The quantitative estimate of drug-likeness (QED) is 0.539. The molecule has 2 aromatic rings. The van der Waals surface area contributed by atoms with Crippen LogP contribution in [0.3, 0.4) is 0 Å². The third-order valence-electron chi connectivity index (χ3n) is 5.11. The van der Waals surface area contributed by atoms with Crippen molar-refractivity contribution in [3.05, 3.63) is 48.0 Å². The van der Waals surface area contributed by atoms with Gasteiger partial charge < -0.3 is 20.1 Å². The molecule has 10 heteroatoms. The number of nitrogens with one attached hydrogen (secondary N) is 2. The van der Waals surface area contributed by atoms with Crippen LogP contribution < -0.4 is 24.4 Å². The Balaban J connectivity index is 1.84. The number of unbranched alkanes of at least 4 members (excludes halogenated alkanes) is 1. The largest absolute Gasteiger partial charge is 0.486 e. The van der Waals surface area contributed by atoms with Crippen LogP contribution in [0.1, 0.15) is 37.0 Å². The van der Waals surface area contributed by atoms with E-state index in [0.29, 0.717) is 42.5 Å². The van der Waals surface area contributed by atoms with Gasteiger partial charge in [-0.1, -0.05) is 25.5 Å². The zero-order valence-electron chi connectivity index (χ0n) is 19.0. The fraction of sp³-hybridized carbons (Fsp3) is 0.391. The molecular weight excluding hydrogens is 446 g/mol. The molecule has 2 N–H and O–H groups in total. The minimum Gasteiger partial charge on any atom is -0.486 e. The molecule has 0 spiro atoms. The third-order valence-corrected chi connectivity index (χ3v) is 6.36. The Morgan fingerprint density at radius 1 is 1.09 bits per heavy atom. The normalized spacial score (nSPS) is 13.7. The fourth-order valence-electron chi connectivity index (χ4n) is 3.48. The van der Waals surface area contributed by atoms with E-state index in [4.69, 9.17) is 9.47 Å². The summed E-state index contributed by atoms with van der Waals surface area (Å²) in [5, 5.41) is 5.53. The molecule has 3 rings (SSSR count). The van der Waals surface area contributed by atoms with Gasteiger partial charge in [0.25, 0.3) is 5.91 Å². The van der Waals surface area contributed by atoms with Crippen molar-refractivity contribution in [1.29, 1.82) is 0 Å². The molecule has 0 bridgehead atoms. The lowest BCUT2D eigenvalue weighted by Crippen LogP contribution is -2.45. The second kappa shape index (κ2) is 10.6. The van der Waals surface area contributed by atoms with Crippen LogP contribution in [0, 0.1) is 0 Å². The standard InChI is InChI=1S/C23H29N3O6S/c1-4-5-12-24-23(28)18-8-6-7-9-19(18)25-22(27)16(2)26(33(3,29)30)17-10-11-20-21(15-17)32-14-13-31-20/h6-11,15-16H,4-5,12-14H2,1-3H3,(H,24,28)(H,25,27)/t16-/m0/s1. The molecule has 0 aromatic heterocycles. The van der Waals surface area contributed by atoms with Crippen LogP contribution in [-0.4, -0.2) is 52.3 Å². The maximum absolute atomic E-state index is 13.1. The zero-order valence-corrected chi connectivity index (χ0v) is 19.8. The highest BCUT2D eigenvalue weighted by Gasteiger charge is 2.31. The first kappa shape index (κ1) is 24.4. The van der Waals surface area contributed by atoms with Gasteiger partial charge in [-0.05, 0) is 37.6 Å². The predicted octanol–water partition coefficient (Wildman–Crippen LogP) is 2.78. The van der Waals surface area contributed by atoms with Crippen LogP contribution in [0.2, 0.25) is 0 Å². The van der Waals surface area contributed by atoms with Crippen molar-refractivity contribution in [2.75, 3.05) is 35.6 Å². The molecule has 0 saturated carbocycles. The summed E-state index contributed by atoms with van der Waals surface area (Å²) in [4.78, 5) is 25.6. The number of rotatable bonds is 9. The van der Waals surface area contributed by atoms with E-state index in [-0.39, 0.29) is 11.6 Å². The van der Waals surface area contributed by atoms with Crippen molar-refractivity contribution in [2.24, 2.45) is 0 Å². The number of hydrogen-bond donors (Lipinski definition) is 2. The van der Waals surface area contributed by atoms with E-state index in [0.717, 1.165) is 23.4 Å². The molecule has 0 fully saturated rings. The highest BCUT2D eigenvalue weighted by Crippen LogP contribution is 2.35. The minimum atomic E-state index is -3.83. The Labute approximate surface area is 194 Å². The van der Waals surface area contributed by atoms with Gasteiger partial charge in [0.1, 0.15) is 19.3 Å². The Morgan fingerprint density at radius 2 is 1.79 bits per heavy atom. The van der Waals surface area contributed by atoms with Gasteiger partial charge in [-0.3, -0.25) is 13.9 Å². The molecule has 0 radical (unpaired) electrons. The van der Waals surface area contributed by atoms with Crippen molar-refractivity contribution >= 4 is 33.2 Å². The van der Waals surface area contributed by atoms with Crippen molar-refractivity contribution in [2.45, 2.75) is 32.7 Å². The Bertz CT molecular complexity index is 1120. The smallest absolute Gasteiger partial charge is 0.253 e. The number of para-hydroxylation sites is 1. The summed E-state index contributed by atoms with van der Waals surface area (Å²) in [6, 6.07) is 10.2. The summed E-state index contributed by atoms with van der Waals surface area (Å²) in [6.45, 7) is 4.79. The number of anilines is 2. The van der Waals surface area contributed by atoms with Crippen LogP contribution in [-0.2, 0) is 14.8 Å². The van der Waals surface area contributed by atoms with E-state index < -0.39 is 22.0 Å². The lowest BCUT2D eigenvalue weighted by molar-refractivity contribution is -0.116. The summed E-state index contributed by atoms with van der Waals surface area (Å²) in [6.07, 6.45) is 2.82. The summed E-state index contributed by atoms with van der Waals surface area (Å²) in [5.74, 6) is 0.0376. The van der Waals surface area contributed by atoms with Crippen LogP contribution in [0.15, 0.2) is 42.5 Å². The van der Waals surface area contributed by atoms with Gasteiger partial charge in [-0.25, -0.2) is 8.42 Å². The van der Waals surface area contributed by atoms with Gasteiger partial charge >= 0.3 is 0 Å². The molecule has 0 saturated heterocycles. The van der Waals surface area contributed by atoms with E-state index >= 15 is 0 Å². The van der Waals surface area contributed by atoms with Crippen LogP contribution >= 0.6 is 0 Å². The molecule has 178 valence electrons. The number of sulfonamides is 1. The van der Waals surface area contributed by atoms with Crippen LogP contribution in [0.4, 0.5) is 11.4 Å². The first-order chi connectivity index (χ1) is 15.7. The Morgan fingerprint density at radius 3 is 2.48 bits per heavy atom. The minimum absolute atomic E-state index is 0.273. The topological polar surface area (TPSA) is 114 Å². The average molecular weight is 476 g/mol. The SMILES string of the molecule is CCCCNC(=O)c1ccccc1NC(=O)[C@H](C)N(c1ccc2c(c1)OCCO2)S(C)(=O)=O. The monoisotopic (exact) mass is 475 g/mol. The average Bonchev–Trinajstić information content (AvgIpc) is 2.78. The van der Waals surface area contributed by atoms with E-state index in [1.165, 1.54) is 13.0 Å². The molecule has 1 heterocycles. The third kappa shape index (κ3) is 5.95. The number of benzene rings is 2. The fourth-order valence-corrected chi connectivity index (χ4v) is 4.65. The number of fused-ring (bicyclic) bond motifs is 1. The Hall–Kier alpha value is -3.27. The van der Waals surface area contributed by atoms with E-state index in [1.807, 2.05) is 6.92 Å². The lowest BCUT2D eigenvalue weighted by atomic mass is 10.1. The summed E-state index contributed by atoms with van der Waals surface area (Å²) in [5.41, 5.74) is 0.883. The van der Waals surface area contributed by atoms with Gasteiger partial charge in [0.15, 0.2) is 11.5 Å². The highest BCUT2D eigenvalue weighted by atomic mass is 32.2. The number of nitrogens with zero attached hydrogens (tertiary/aromatic N) is 1. The van der Waals surface area contributed by atoms with Crippen molar-refractivity contribution in [3.63, 3.8) is 0 Å². The molecule has 0 unspecified atom stereocenters. The van der Waals surface area contributed by atoms with Crippen LogP contribution in [0.5, 0.6) is 11.5 Å². The maximum Gasteiger partial charge on any atom is 0.253 e. The predicted molar refractivity (Wildman–Crippen MR) is 127 cm³/mol. The first-order valence-corrected chi connectivity index (χ1v) is 12.6. The summed E-state index contributed by atoms with van der Waals surface area (Å²) in [7, 11) is -3.83. The van der Waals surface area contributed by atoms with Crippen molar-refractivity contribution in [1.82, 2.24) is 5.32 Å². The zero-order chi connectivity index (χ0) is 24.0. The summed E-state index contributed by atoms with van der Waals surface area (Å²) < 4.78 is 37.3. The maximum atomic E-state index is 13.1. The molecule has 33 heavy (non-hydrogen) atoms. The highest BCUT2D eigenvalue weighted by molar-refractivity contribution is 7.92. The first-order valence-electron chi connectivity index (χ1n) is 10.8. The van der Waals surface area contributed by atoms with Gasteiger partial charge in [0.05, 0.1) is 23.2 Å². The molecule has 2 amide bonds. The molecule has 1 atom stereocenters. The number of carbonyl (C=O) groups is 2. The lowest BCUT2D eigenvalue weighted by Gasteiger charge is -2.29. The molecule has 9 nitrogen and oxygen atoms in total. The number of ether oxygens (including phenoxy) is 2. The van der Waals surface area contributed by atoms with Gasteiger partial charge in [-0.15, -0.1) is 0 Å². The van der Waals surface area contributed by atoms with E-state index in [1.54, 1.807) is 36.4 Å². The van der Waals surface area contributed by atoms with Crippen molar-refractivity contribution in [3.8, 4) is 11.5 Å². The number of carbonyl (C=O) groups excluding carboxylic acids is 2. The molecule has 0 aliphatic carbocycles. The Kier molecular flexibility index (Phi) is 7.80. The van der Waals surface area contributed by atoms with Gasteiger partial charge in [0, 0.05) is 12.6 Å².